The number of rotatable bonds is 7. The minimum Gasteiger partial charge on any atom is -0.338 e. The monoisotopic (exact) mass is 338 g/mol. The Morgan fingerprint density at radius 3 is 2.72 bits per heavy atom. The van der Waals surface area contributed by atoms with Crippen LogP contribution < -0.4 is 10.6 Å². The number of carbonyl (C=O) groups is 1. The highest BCUT2D eigenvalue weighted by molar-refractivity contribution is 5.77. The van der Waals surface area contributed by atoms with E-state index >= 15 is 0 Å². The maximum absolute atomic E-state index is 11.6. The second kappa shape index (κ2) is 8.23. The van der Waals surface area contributed by atoms with Crippen molar-refractivity contribution in [2.45, 2.75) is 26.3 Å². The van der Waals surface area contributed by atoms with Gasteiger partial charge in [-0.2, -0.15) is 0 Å². The predicted molar refractivity (Wildman–Crippen MR) is 97.1 cm³/mol. The zero-order valence-corrected chi connectivity index (χ0v) is 14.3. The predicted octanol–water partition coefficient (Wildman–Crippen LogP) is 2.59. The third-order valence-corrected chi connectivity index (χ3v) is 3.82. The van der Waals surface area contributed by atoms with Gasteiger partial charge in [-0.25, -0.2) is 14.8 Å². The van der Waals surface area contributed by atoms with Crippen molar-refractivity contribution in [3.8, 4) is 11.4 Å². The van der Waals surface area contributed by atoms with Gasteiger partial charge in [-0.15, -0.1) is 0 Å². The van der Waals surface area contributed by atoms with Crippen LogP contribution in [0.4, 0.5) is 4.79 Å². The average Bonchev–Trinajstić information content (AvgIpc) is 3.03. The Hall–Kier alpha value is -2.96. The molecule has 0 aliphatic carbocycles. The third-order valence-electron chi connectivity index (χ3n) is 3.82. The zero-order chi connectivity index (χ0) is 17.5. The summed E-state index contributed by atoms with van der Waals surface area (Å²) in [4.78, 5) is 24.8. The summed E-state index contributed by atoms with van der Waals surface area (Å²) < 4.78 is 2.09. The normalized spacial score (nSPS) is 10.8. The summed E-state index contributed by atoms with van der Waals surface area (Å²) in [5, 5.41) is 5.68. The number of amides is 2. The molecule has 7 nitrogen and oxygen atoms in total. The maximum Gasteiger partial charge on any atom is 0.314 e. The van der Waals surface area contributed by atoms with Gasteiger partial charge in [0.15, 0.2) is 5.65 Å². The van der Waals surface area contributed by atoms with Crippen LogP contribution in [-0.2, 0) is 6.54 Å². The van der Waals surface area contributed by atoms with Crippen molar-refractivity contribution in [1.82, 2.24) is 30.2 Å². The first-order valence-electron chi connectivity index (χ1n) is 8.53. The largest absolute Gasteiger partial charge is 0.338 e. The minimum atomic E-state index is -0.121. The average molecular weight is 338 g/mol. The molecule has 0 saturated heterocycles. The van der Waals surface area contributed by atoms with Gasteiger partial charge in [0.2, 0.25) is 0 Å². The fourth-order valence-electron chi connectivity index (χ4n) is 2.63. The Kier molecular flexibility index (Phi) is 5.56. The molecule has 3 rings (SSSR count). The lowest BCUT2D eigenvalue weighted by molar-refractivity contribution is 0.240. The molecule has 2 N–H and O–H groups in total. The molecule has 0 aliphatic rings. The quantitative estimate of drug-likeness (QED) is 0.649. The van der Waals surface area contributed by atoms with E-state index in [2.05, 4.69) is 25.2 Å². The lowest BCUT2D eigenvalue weighted by Gasteiger charge is -2.10. The van der Waals surface area contributed by atoms with E-state index in [0.717, 1.165) is 41.9 Å². The van der Waals surface area contributed by atoms with Gasteiger partial charge in [0.25, 0.3) is 0 Å². The standard InChI is InChI=1S/C18H22N6O/c1-2-8-21-18(25)22-10-4-13-24-16(14-6-11-19-12-7-14)23-15-5-3-9-20-17(15)24/h3,5-7,9,11-12H,2,4,8,10,13H2,1H3,(H2,21,22,25). The Balaban J connectivity index is 1.73. The molecular formula is C18H22N6O. The fraction of sp³-hybridized carbons (Fsp3) is 0.333. The number of carbonyl (C=O) groups excluding carboxylic acids is 1. The van der Waals surface area contributed by atoms with Crippen molar-refractivity contribution >= 4 is 17.2 Å². The van der Waals surface area contributed by atoms with Crippen LogP contribution in [0.1, 0.15) is 19.8 Å². The van der Waals surface area contributed by atoms with E-state index in [1.165, 1.54) is 0 Å². The van der Waals surface area contributed by atoms with E-state index in [-0.39, 0.29) is 6.03 Å². The van der Waals surface area contributed by atoms with Crippen LogP contribution in [0.5, 0.6) is 0 Å². The number of hydrogen-bond donors (Lipinski definition) is 2. The molecule has 25 heavy (non-hydrogen) atoms. The molecular weight excluding hydrogens is 316 g/mol. The molecule has 3 heterocycles. The molecule has 0 fully saturated rings. The lowest BCUT2D eigenvalue weighted by atomic mass is 10.2. The van der Waals surface area contributed by atoms with Crippen molar-refractivity contribution in [3.63, 3.8) is 0 Å². The Bertz CT molecular complexity index is 830. The maximum atomic E-state index is 11.6. The summed E-state index contributed by atoms with van der Waals surface area (Å²) in [6.07, 6.45) is 7.00. The molecule has 3 aromatic rings. The van der Waals surface area contributed by atoms with E-state index < -0.39 is 0 Å². The van der Waals surface area contributed by atoms with Crippen LogP contribution in [-0.4, -0.2) is 38.6 Å². The van der Waals surface area contributed by atoms with Crippen molar-refractivity contribution in [2.75, 3.05) is 13.1 Å². The first kappa shape index (κ1) is 16.9. The first-order chi connectivity index (χ1) is 12.3. The van der Waals surface area contributed by atoms with Crippen molar-refractivity contribution in [2.24, 2.45) is 0 Å². The van der Waals surface area contributed by atoms with Gasteiger partial charge >= 0.3 is 6.03 Å². The summed E-state index contributed by atoms with van der Waals surface area (Å²) in [6, 6.07) is 7.60. The van der Waals surface area contributed by atoms with Crippen LogP contribution in [0.2, 0.25) is 0 Å². The van der Waals surface area contributed by atoms with Gasteiger partial charge in [0, 0.05) is 43.8 Å². The van der Waals surface area contributed by atoms with E-state index in [0.29, 0.717) is 13.1 Å². The SMILES string of the molecule is CCCNC(=O)NCCCn1c(-c2ccncc2)nc2cccnc21. The van der Waals surface area contributed by atoms with Crippen LogP contribution in [0, 0.1) is 0 Å². The van der Waals surface area contributed by atoms with Crippen LogP contribution in [0.3, 0.4) is 0 Å². The number of aryl methyl sites for hydroxylation is 1. The lowest BCUT2D eigenvalue weighted by Crippen LogP contribution is -2.36. The number of urea groups is 1. The Morgan fingerprint density at radius 1 is 1.12 bits per heavy atom. The van der Waals surface area contributed by atoms with Crippen molar-refractivity contribution < 1.29 is 4.79 Å². The van der Waals surface area contributed by atoms with Gasteiger partial charge in [-0.3, -0.25) is 4.98 Å². The third kappa shape index (κ3) is 4.12. The van der Waals surface area contributed by atoms with E-state index in [1.54, 1.807) is 18.6 Å². The number of hydrogen-bond acceptors (Lipinski definition) is 4. The minimum absolute atomic E-state index is 0.121. The van der Waals surface area contributed by atoms with Gasteiger partial charge in [-0.05, 0) is 37.1 Å². The summed E-state index contributed by atoms with van der Waals surface area (Å²) in [5.41, 5.74) is 2.72. The first-order valence-corrected chi connectivity index (χ1v) is 8.53. The summed E-state index contributed by atoms with van der Waals surface area (Å²) in [5.74, 6) is 0.867. The van der Waals surface area contributed by atoms with Gasteiger partial charge in [-0.1, -0.05) is 6.92 Å². The van der Waals surface area contributed by atoms with Crippen LogP contribution >= 0.6 is 0 Å². The summed E-state index contributed by atoms with van der Waals surface area (Å²) in [7, 11) is 0. The molecule has 7 heteroatoms. The van der Waals surface area contributed by atoms with Gasteiger partial charge in [0.05, 0.1) is 0 Å². The van der Waals surface area contributed by atoms with Gasteiger partial charge in [0.1, 0.15) is 11.3 Å². The van der Waals surface area contributed by atoms with Crippen molar-refractivity contribution in [3.05, 3.63) is 42.9 Å². The Labute approximate surface area is 146 Å². The highest BCUT2D eigenvalue weighted by Gasteiger charge is 2.13. The molecule has 0 radical (unpaired) electrons. The smallest absolute Gasteiger partial charge is 0.314 e. The topological polar surface area (TPSA) is 84.7 Å². The molecule has 0 bridgehead atoms. The molecule has 3 aromatic heterocycles. The van der Waals surface area contributed by atoms with Crippen LogP contribution in [0.25, 0.3) is 22.6 Å². The number of nitrogens with zero attached hydrogens (tertiary/aromatic N) is 4. The van der Waals surface area contributed by atoms with E-state index in [1.807, 2.05) is 31.2 Å². The van der Waals surface area contributed by atoms with Crippen molar-refractivity contribution in [1.29, 1.82) is 0 Å². The highest BCUT2D eigenvalue weighted by atomic mass is 16.2. The molecule has 2 amide bonds. The number of fused-ring (bicyclic) bond motifs is 1. The molecule has 0 aliphatic heterocycles. The number of aromatic nitrogens is 4. The molecule has 0 aromatic carbocycles. The highest BCUT2D eigenvalue weighted by Crippen LogP contribution is 2.23. The Morgan fingerprint density at radius 2 is 1.92 bits per heavy atom. The molecule has 0 saturated carbocycles. The second-order valence-corrected chi connectivity index (χ2v) is 5.71. The number of imidazole rings is 1. The molecule has 0 atom stereocenters. The van der Waals surface area contributed by atoms with E-state index in [4.69, 9.17) is 4.98 Å². The summed E-state index contributed by atoms with van der Waals surface area (Å²) in [6.45, 7) is 4.03. The number of nitrogens with one attached hydrogen (secondary N) is 2. The fourth-order valence-corrected chi connectivity index (χ4v) is 2.63. The molecule has 0 unspecified atom stereocenters. The van der Waals surface area contributed by atoms with E-state index in [9.17, 15) is 4.79 Å². The summed E-state index contributed by atoms with van der Waals surface area (Å²) >= 11 is 0. The number of pyridine rings is 2. The molecule has 130 valence electrons. The van der Waals surface area contributed by atoms with Crippen LogP contribution in [0.15, 0.2) is 42.9 Å². The molecule has 0 spiro atoms. The zero-order valence-electron chi connectivity index (χ0n) is 14.3. The van der Waals surface area contributed by atoms with Gasteiger partial charge < -0.3 is 15.2 Å². The second-order valence-electron chi connectivity index (χ2n) is 5.71.